The average Bonchev–Trinajstić information content (AvgIpc) is 2.27. The van der Waals surface area contributed by atoms with Crippen LogP contribution in [0.25, 0.3) is 11.1 Å². The maximum Gasteiger partial charge on any atom is 0.0827 e. The minimum atomic E-state index is 0.394. The lowest BCUT2D eigenvalue weighted by atomic mass is 10.1. The molecule has 1 aromatic heterocycles. The lowest BCUT2D eigenvalue weighted by molar-refractivity contribution is 1.33. The predicted molar refractivity (Wildman–Crippen MR) is 64.1 cm³/mol. The van der Waals surface area contributed by atoms with Gasteiger partial charge < -0.3 is 5.73 Å². The van der Waals surface area contributed by atoms with E-state index in [0.717, 1.165) is 11.1 Å². The lowest BCUT2D eigenvalue weighted by Crippen LogP contribution is -1.88. The van der Waals surface area contributed by atoms with Crippen molar-refractivity contribution in [2.24, 2.45) is 0 Å². The van der Waals surface area contributed by atoms with E-state index in [9.17, 15) is 0 Å². The fourth-order valence-corrected chi connectivity index (χ4v) is 1.76. The third-order valence-electron chi connectivity index (χ3n) is 2.10. The van der Waals surface area contributed by atoms with Gasteiger partial charge in [-0.15, -0.1) is 0 Å². The van der Waals surface area contributed by atoms with Crippen LogP contribution in [0.15, 0.2) is 36.7 Å². The number of rotatable bonds is 1. The zero-order valence-electron chi connectivity index (χ0n) is 7.74. The highest BCUT2D eigenvalue weighted by Crippen LogP contribution is 2.36. The number of nitrogens with zero attached hydrogens (tertiary/aromatic N) is 1. The number of anilines is 1. The van der Waals surface area contributed by atoms with E-state index >= 15 is 0 Å². The van der Waals surface area contributed by atoms with Crippen LogP contribution < -0.4 is 5.73 Å². The van der Waals surface area contributed by atoms with Crippen LogP contribution in [-0.4, -0.2) is 4.98 Å². The lowest BCUT2D eigenvalue weighted by Gasteiger charge is -2.07. The number of halogens is 2. The van der Waals surface area contributed by atoms with Crippen LogP contribution in [0.1, 0.15) is 0 Å². The maximum absolute atomic E-state index is 6.10. The average molecular weight is 239 g/mol. The Hall–Kier alpha value is -1.25. The van der Waals surface area contributed by atoms with Crippen molar-refractivity contribution in [3.8, 4) is 11.1 Å². The molecule has 2 N–H and O–H groups in total. The molecule has 1 aromatic carbocycles. The van der Waals surface area contributed by atoms with E-state index in [1.54, 1.807) is 18.5 Å². The summed E-state index contributed by atoms with van der Waals surface area (Å²) in [6, 6.07) is 7.32. The Kier molecular flexibility index (Phi) is 2.80. The summed E-state index contributed by atoms with van der Waals surface area (Å²) in [5, 5.41) is 0.869. The SMILES string of the molecule is Nc1ccc(-c2ccncc2)c(Cl)c1Cl. The van der Waals surface area contributed by atoms with Gasteiger partial charge in [0.1, 0.15) is 0 Å². The standard InChI is InChI=1S/C11H8Cl2N2/c12-10-8(1-2-9(14)11(10)13)7-3-5-15-6-4-7/h1-6H,14H2. The summed E-state index contributed by atoms with van der Waals surface area (Å²) >= 11 is 12.1. The van der Waals surface area contributed by atoms with Gasteiger partial charge >= 0.3 is 0 Å². The topological polar surface area (TPSA) is 38.9 Å². The van der Waals surface area contributed by atoms with Gasteiger partial charge in [-0.3, -0.25) is 4.98 Å². The van der Waals surface area contributed by atoms with Gasteiger partial charge in [0.25, 0.3) is 0 Å². The van der Waals surface area contributed by atoms with E-state index in [1.165, 1.54) is 0 Å². The van der Waals surface area contributed by atoms with Crippen molar-refractivity contribution in [3.05, 3.63) is 46.7 Å². The second kappa shape index (κ2) is 4.09. The first-order chi connectivity index (χ1) is 7.20. The molecule has 0 aliphatic heterocycles. The Bertz CT molecular complexity index is 483. The second-order valence-electron chi connectivity index (χ2n) is 3.07. The zero-order chi connectivity index (χ0) is 10.8. The maximum atomic E-state index is 6.10. The Labute approximate surface area is 97.7 Å². The number of benzene rings is 1. The van der Waals surface area contributed by atoms with E-state index in [2.05, 4.69) is 4.98 Å². The van der Waals surface area contributed by atoms with Crippen LogP contribution in [0.4, 0.5) is 5.69 Å². The number of aromatic nitrogens is 1. The second-order valence-corrected chi connectivity index (χ2v) is 3.82. The normalized spacial score (nSPS) is 10.3. The van der Waals surface area contributed by atoms with Gasteiger partial charge in [0.05, 0.1) is 15.7 Å². The van der Waals surface area contributed by atoms with Crippen molar-refractivity contribution in [3.63, 3.8) is 0 Å². The van der Waals surface area contributed by atoms with Crippen LogP contribution in [-0.2, 0) is 0 Å². The van der Waals surface area contributed by atoms with Crippen molar-refractivity contribution in [1.29, 1.82) is 0 Å². The van der Waals surface area contributed by atoms with Crippen molar-refractivity contribution in [1.82, 2.24) is 4.98 Å². The molecule has 0 saturated heterocycles. The molecule has 0 amide bonds. The predicted octanol–water partition coefficient (Wildman–Crippen LogP) is 3.64. The third kappa shape index (κ3) is 1.91. The summed E-state index contributed by atoms with van der Waals surface area (Å²) < 4.78 is 0. The number of hydrogen-bond acceptors (Lipinski definition) is 2. The molecule has 0 saturated carbocycles. The fourth-order valence-electron chi connectivity index (χ4n) is 1.32. The molecule has 4 heteroatoms. The van der Waals surface area contributed by atoms with Gasteiger partial charge in [0, 0.05) is 18.0 Å². The summed E-state index contributed by atoms with van der Waals surface area (Å²) in [6.07, 6.45) is 3.41. The molecule has 2 rings (SSSR count). The van der Waals surface area contributed by atoms with Gasteiger partial charge in [-0.25, -0.2) is 0 Å². The van der Waals surface area contributed by atoms with E-state index in [1.807, 2.05) is 18.2 Å². The van der Waals surface area contributed by atoms with E-state index < -0.39 is 0 Å². The molecule has 0 atom stereocenters. The first-order valence-electron chi connectivity index (χ1n) is 4.34. The fraction of sp³-hybridized carbons (Fsp3) is 0. The Morgan fingerprint density at radius 3 is 2.27 bits per heavy atom. The van der Waals surface area contributed by atoms with E-state index in [-0.39, 0.29) is 0 Å². The molecule has 0 radical (unpaired) electrons. The van der Waals surface area contributed by atoms with Crippen LogP contribution >= 0.6 is 23.2 Å². The number of nitrogen functional groups attached to an aromatic ring is 1. The monoisotopic (exact) mass is 238 g/mol. The number of pyridine rings is 1. The van der Waals surface area contributed by atoms with Crippen LogP contribution in [0, 0.1) is 0 Å². The summed E-state index contributed by atoms with van der Waals surface area (Å²) in [4.78, 5) is 3.94. The number of hydrogen-bond donors (Lipinski definition) is 1. The van der Waals surface area contributed by atoms with Crippen molar-refractivity contribution in [2.45, 2.75) is 0 Å². The molecule has 0 aliphatic rings. The van der Waals surface area contributed by atoms with E-state index in [0.29, 0.717) is 15.7 Å². The highest BCUT2D eigenvalue weighted by molar-refractivity contribution is 6.45. The van der Waals surface area contributed by atoms with Crippen molar-refractivity contribution >= 4 is 28.9 Å². The van der Waals surface area contributed by atoms with Crippen molar-refractivity contribution < 1.29 is 0 Å². The summed E-state index contributed by atoms with van der Waals surface area (Å²) in [6.45, 7) is 0. The molecule has 0 unspecified atom stereocenters. The third-order valence-corrected chi connectivity index (χ3v) is 3.00. The first-order valence-corrected chi connectivity index (χ1v) is 5.09. The Morgan fingerprint density at radius 1 is 0.933 bits per heavy atom. The highest BCUT2D eigenvalue weighted by Gasteiger charge is 2.09. The van der Waals surface area contributed by atoms with Gasteiger partial charge in [-0.05, 0) is 23.8 Å². The molecule has 1 heterocycles. The molecule has 0 aliphatic carbocycles. The molecule has 76 valence electrons. The van der Waals surface area contributed by atoms with E-state index in [4.69, 9.17) is 28.9 Å². The van der Waals surface area contributed by atoms with Crippen molar-refractivity contribution in [2.75, 3.05) is 5.73 Å². The highest BCUT2D eigenvalue weighted by atomic mass is 35.5. The van der Waals surface area contributed by atoms with Crippen LogP contribution in [0.3, 0.4) is 0 Å². The summed E-state index contributed by atoms with van der Waals surface area (Å²) in [5.41, 5.74) is 7.95. The van der Waals surface area contributed by atoms with Crippen LogP contribution in [0.2, 0.25) is 10.0 Å². The zero-order valence-corrected chi connectivity index (χ0v) is 9.26. The molecular formula is C11H8Cl2N2. The molecule has 0 fully saturated rings. The largest absolute Gasteiger partial charge is 0.397 e. The Balaban J connectivity index is 2.60. The molecule has 2 aromatic rings. The first kappa shape index (κ1) is 10.3. The minimum absolute atomic E-state index is 0.394. The quantitative estimate of drug-likeness (QED) is 0.771. The molecular weight excluding hydrogens is 231 g/mol. The Morgan fingerprint density at radius 2 is 1.60 bits per heavy atom. The van der Waals surface area contributed by atoms with Gasteiger partial charge in [-0.1, -0.05) is 29.3 Å². The van der Waals surface area contributed by atoms with Crippen LogP contribution in [0.5, 0.6) is 0 Å². The molecule has 2 nitrogen and oxygen atoms in total. The molecule has 0 spiro atoms. The molecule has 15 heavy (non-hydrogen) atoms. The smallest absolute Gasteiger partial charge is 0.0827 e. The van der Waals surface area contributed by atoms with Gasteiger partial charge in [-0.2, -0.15) is 0 Å². The summed E-state index contributed by atoms with van der Waals surface area (Å²) in [7, 11) is 0. The minimum Gasteiger partial charge on any atom is -0.397 e. The number of nitrogens with two attached hydrogens (primary N) is 1. The molecule has 0 bridgehead atoms. The van der Waals surface area contributed by atoms with Gasteiger partial charge in [0.2, 0.25) is 0 Å². The van der Waals surface area contributed by atoms with Gasteiger partial charge in [0.15, 0.2) is 0 Å². The summed E-state index contributed by atoms with van der Waals surface area (Å²) in [5.74, 6) is 0.